The summed E-state index contributed by atoms with van der Waals surface area (Å²) in [4.78, 5) is 0. The van der Waals surface area contributed by atoms with E-state index < -0.39 is 0 Å². The molecule has 0 N–H and O–H groups in total. The molecule has 0 bridgehead atoms. The van der Waals surface area contributed by atoms with E-state index in [9.17, 15) is 0 Å². The molecule has 2 heteroatoms. The Balaban J connectivity index is 3.17. The SMILES string of the molecule is C=Cc1c(C(C)C)noc1/C=C\C. The molecule has 13 heavy (non-hydrogen) atoms. The summed E-state index contributed by atoms with van der Waals surface area (Å²) in [6, 6.07) is 0. The fraction of sp³-hybridized carbons (Fsp3) is 0.364. The van der Waals surface area contributed by atoms with Crippen LogP contribution in [0.15, 0.2) is 17.2 Å². The van der Waals surface area contributed by atoms with Crippen LogP contribution in [0.2, 0.25) is 0 Å². The Kier molecular flexibility index (Phi) is 3.07. The van der Waals surface area contributed by atoms with Gasteiger partial charge in [0.15, 0.2) is 5.76 Å². The predicted molar refractivity (Wildman–Crippen MR) is 55.4 cm³/mol. The molecule has 0 aliphatic rings. The zero-order chi connectivity index (χ0) is 9.84. The minimum absolute atomic E-state index is 0.371. The van der Waals surface area contributed by atoms with Gasteiger partial charge in [0.2, 0.25) is 0 Å². The van der Waals surface area contributed by atoms with E-state index in [4.69, 9.17) is 4.52 Å². The molecular formula is C11H15NO. The molecule has 0 unspecified atom stereocenters. The molecule has 1 rings (SSSR count). The smallest absolute Gasteiger partial charge is 0.166 e. The monoisotopic (exact) mass is 177 g/mol. The number of hydrogen-bond donors (Lipinski definition) is 0. The maximum absolute atomic E-state index is 5.18. The second-order valence-corrected chi connectivity index (χ2v) is 3.20. The summed E-state index contributed by atoms with van der Waals surface area (Å²) in [7, 11) is 0. The lowest BCUT2D eigenvalue weighted by molar-refractivity contribution is 0.402. The van der Waals surface area contributed by atoms with Gasteiger partial charge in [-0.05, 0) is 18.9 Å². The first-order valence-corrected chi connectivity index (χ1v) is 4.45. The van der Waals surface area contributed by atoms with E-state index in [1.54, 1.807) is 6.08 Å². The van der Waals surface area contributed by atoms with Crippen molar-refractivity contribution in [3.63, 3.8) is 0 Å². The van der Waals surface area contributed by atoms with Crippen LogP contribution in [0, 0.1) is 0 Å². The molecule has 0 fully saturated rings. The van der Waals surface area contributed by atoms with Crippen LogP contribution in [-0.2, 0) is 0 Å². The molecule has 0 radical (unpaired) electrons. The first kappa shape index (κ1) is 9.78. The molecule has 0 saturated heterocycles. The third kappa shape index (κ3) is 1.89. The number of aromatic nitrogens is 1. The van der Waals surface area contributed by atoms with E-state index in [-0.39, 0.29) is 0 Å². The van der Waals surface area contributed by atoms with Crippen LogP contribution >= 0.6 is 0 Å². The van der Waals surface area contributed by atoms with E-state index in [2.05, 4.69) is 25.6 Å². The Morgan fingerprint density at radius 1 is 1.46 bits per heavy atom. The van der Waals surface area contributed by atoms with Gasteiger partial charge in [0.05, 0.1) is 5.69 Å². The summed E-state index contributed by atoms with van der Waals surface area (Å²) in [5, 5.41) is 4.01. The molecular weight excluding hydrogens is 162 g/mol. The summed E-state index contributed by atoms with van der Waals surface area (Å²) >= 11 is 0. The quantitative estimate of drug-likeness (QED) is 0.706. The lowest BCUT2D eigenvalue weighted by Crippen LogP contribution is -1.89. The van der Waals surface area contributed by atoms with Crippen molar-refractivity contribution in [1.29, 1.82) is 0 Å². The van der Waals surface area contributed by atoms with E-state index in [1.807, 2.05) is 19.1 Å². The lowest BCUT2D eigenvalue weighted by Gasteiger charge is -1.98. The van der Waals surface area contributed by atoms with E-state index in [0.717, 1.165) is 17.0 Å². The molecule has 0 atom stereocenters. The third-order valence-corrected chi connectivity index (χ3v) is 1.85. The maximum Gasteiger partial charge on any atom is 0.166 e. The summed E-state index contributed by atoms with van der Waals surface area (Å²) in [5.74, 6) is 1.16. The Morgan fingerprint density at radius 2 is 2.15 bits per heavy atom. The highest BCUT2D eigenvalue weighted by atomic mass is 16.5. The van der Waals surface area contributed by atoms with Crippen molar-refractivity contribution in [3.8, 4) is 0 Å². The number of rotatable bonds is 3. The van der Waals surface area contributed by atoms with Crippen LogP contribution in [0.4, 0.5) is 0 Å². The molecule has 1 aromatic rings. The fourth-order valence-corrected chi connectivity index (χ4v) is 1.22. The Labute approximate surface area is 78.9 Å². The van der Waals surface area contributed by atoms with Crippen LogP contribution in [-0.4, -0.2) is 5.16 Å². The minimum Gasteiger partial charge on any atom is -0.356 e. The lowest BCUT2D eigenvalue weighted by atomic mass is 10.0. The molecule has 0 spiro atoms. The molecule has 0 amide bonds. The number of nitrogens with zero attached hydrogens (tertiary/aromatic N) is 1. The van der Waals surface area contributed by atoms with Crippen molar-refractivity contribution in [2.75, 3.05) is 0 Å². The van der Waals surface area contributed by atoms with Gasteiger partial charge < -0.3 is 4.52 Å². The van der Waals surface area contributed by atoms with Gasteiger partial charge in [-0.25, -0.2) is 0 Å². The van der Waals surface area contributed by atoms with E-state index >= 15 is 0 Å². The molecule has 1 heterocycles. The Morgan fingerprint density at radius 3 is 2.62 bits per heavy atom. The minimum atomic E-state index is 0.371. The molecule has 0 aliphatic carbocycles. The van der Waals surface area contributed by atoms with Crippen molar-refractivity contribution in [2.45, 2.75) is 26.7 Å². The zero-order valence-electron chi connectivity index (χ0n) is 8.37. The molecule has 1 aromatic heterocycles. The molecule has 0 aromatic carbocycles. The van der Waals surface area contributed by atoms with Crippen LogP contribution < -0.4 is 0 Å². The summed E-state index contributed by atoms with van der Waals surface area (Å²) in [6.45, 7) is 9.88. The van der Waals surface area contributed by atoms with Crippen LogP contribution in [0.1, 0.15) is 43.7 Å². The summed E-state index contributed by atoms with van der Waals surface area (Å²) in [5.41, 5.74) is 1.98. The van der Waals surface area contributed by atoms with Gasteiger partial charge in [-0.1, -0.05) is 37.7 Å². The molecule has 2 nitrogen and oxygen atoms in total. The molecule has 0 aliphatic heterocycles. The zero-order valence-corrected chi connectivity index (χ0v) is 8.37. The first-order chi connectivity index (χ1) is 6.20. The van der Waals surface area contributed by atoms with Crippen molar-refractivity contribution >= 4 is 12.2 Å². The predicted octanol–water partition coefficient (Wildman–Crippen LogP) is 3.47. The molecule has 0 saturated carbocycles. The van der Waals surface area contributed by atoms with Crippen LogP contribution in [0.25, 0.3) is 12.2 Å². The largest absolute Gasteiger partial charge is 0.356 e. The van der Waals surface area contributed by atoms with Crippen LogP contribution in [0.3, 0.4) is 0 Å². The average molecular weight is 177 g/mol. The Hall–Kier alpha value is -1.31. The second kappa shape index (κ2) is 4.08. The van der Waals surface area contributed by atoms with E-state index in [1.165, 1.54) is 0 Å². The van der Waals surface area contributed by atoms with Gasteiger partial charge in [0, 0.05) is 5.56 Å². The number of allylic oxidation sites excluding steroid dienone is 1. The maximum atomic E-state index is 5.18. The average Bonchev–Trinajstić information content (AvgIpc) is 2.48. The highest BCUT2D eigenvalue weighted by Crippen LogP contribution is 2.23. The standard InChI is InChI=1S/C11H15NO/c1-5-7-10-9(6-2)11(8(3)4)12-13-10/h5-8H,2H2,1,3-4H3/b7-5-. The first-order valence-electron chi connectivity index (χ1n) is 4.45. The molecule has 70 valence electrons. The highest BCUT2D eigenvalue weighted by Gasteiger charge is 2.13. The number of hydrogen-bond acceptors (Lipinski definition) is 2. The summed E-state index contributed by atoms with van der Waals surface area (Å²) in [6.07, 6.45) is 5.62. The van der Waals surface area contributed by atoms with Crippen molar-refractivity contribution in [1.82, 2.24) is 5.16 Å². The van der Waals surface area contributed by atoms with Gasteiger partial charge in [-0.3, -0.25) is 0 Å². The van der Waals surface area contributed by atoms with Gasteiger partial charge in [-0.15, -0.1) is 0 Å². The third-order valence-electron chi connectivity index (χ3n) is 1.85. The van der Waals surface area contributed by atoms with Gasteiger partial charge in [0.25, 0.3) is 0 Å². The van der Waals surface area contributed by atoms with E-state index in [0.29, 0.717) is 5.92 Å². The topological polar surface area (TPSA) is 26.0 Å². The normalized spacial score (nSPS) is 11.4. The van der Waals surface area contributed by atoms with Crippen molar-refractivity contribution in [2.24, 2.45) is 0 Å². The highest BCUT2D eigenvalue weighted by molar-refractivity contribution is 5.62. The van der Waals surface area contributed by atoms with Crippen molar-refractivity contribution in [3.05, 3.63) is 29.7 Å². The van der Waals surface area contributed by atoms with Crippen molar-refractivity contribution < 1.29 is 4.52 Å². The van der Waals surface area contributed by atoms with Crippen LogP contribution in [0.5, 0.6) is 0 Å². The fourth-order valence-electron chi connectivity index (χ4n) is 1.22. The van der Waals surface area contributed by atoms with Gasteiger partial charge >= 0.3 is 0 Å². The Bertz CT molecular complexity index is 321. The van der Waals surface area contributed by atoms with Gasteiger partial charge in [-0.2, -0.15) is 0 Å². The summed E-state index contributed by atoms with van der Waals surface area (Å²) < 4.78 is 5.18. The van der Waals surface area contributed by atoms with Gasteiger partial charge in [0.1, 0.15) is 0 Å². The second-order valence-electron chi connectivity index (χ2n) is 3.20.